The van der Waals surface area contributed by atoms with E-state index < -0.39 is 0 Å². The van der Waals surface area contributed by atoms with Gasteiger partial charge in [0.15, 0.2) is 0 Å². The van der Waals surface area contributed by atoms with E-state index >= 15 is 0 Å². The first kappa shape index (κ1) is 10.1. The maximum atomic E-state index is 6.16. The summed E-state index contributed by atoms with van der Waals surface area (Å²) in [5, 5.41) is 4.35. The first-order valence-corrected chi connectivity index (χ1v) is 6.23. The second-order valence-electron chi connectivity index (χ2n) is 3.97. The molecular weight excluding hydrogens is 194 g/mol. The van der Waals surface area contributed by atoms with E-state index in [0.717, 1.165) is 12.1 Å². The van der Waals surface area contributed by atoms with Crippen LogP contribution in [0.4, 0.5) is 0 Å². The number of hydrogen-bond acceptors (Lipinski definition) is 3. The quantitative estimate of drug-likeness (QED) is 0.812. The second-order valence-corrected chi connectivity index (χ2v) is 5.12. The zero-order valence-electron chi connectivity index (χ0n) is 8.52. The summed E-state index contributed by atoms with van der Waals surface area (Å²) >= 11 is 2.02. The SMILES string of the molecule is Cn1ccc(CC(N)C2CCSC2)n1. The van der Waals surface area contributed by atoms with Gasteiger partial charge in [-0.15, -0.1) is 0 Å². The molecule has 0 bridgehead atoms. The van der Waals surface area contributed by atoms with Crippen molar-refractivity contribution in [3.8, 4) is 0 Å². The van der Waals surface area contributed by atoms with Gasteiger partial charge < -0.3 is 5.73 Å². The molecule has 2 rings (SSSR count). The zero-order chi connectivity index (χ0) is 9.97. The monoisotopic (exact) mass is 211 g/mol. The van der Waals surface area contributed by atoms with Crippen molar-refractivity contribution < 1.29 is 0 Å². The van der Waals surface area contributed by atoms with Crippen LogP contribution >= 0.6 is 11.8 Å². The van der Waals surface area contributed by atoms with Crippen LogP contribution in [0.2, 0.25) is 0 Å². The molecule has 14 heavy (non-hydrogen) atoms. The molecule has 0 saturated carbocycles. The molecule has 3 nitrogen and oxygen atoms in total. The average molecular weight is 211 g/mol. The maximum absolute atomic E-state index is 6.16. The average Bonchev–Trinajstić information content (AvgIpc) is 2.75. The Morgan fingerprint density at radius 2 is 2.64 bits per heavy atom. The highest BCUT2D eigenvalue weighted by molar-refractivity contribution is 7.99. The lowest BCUT2D eigenvalue weighted by atomic mass is 9.96. The Morgan fingerprint density at radius 3 is 3.21 bits per heavy atom. The molecule has 1 aromatic heterocycles. The van der Waals surface area contributed by atoms with Gasteiger partial charge in [-0.2, -0.15) is 16.9 Å². The minimum Gasteiger partial charge on any atom is -0.327 e. The first-order valence-electron chi connectivity index (χ1n) is 5.07. The lowest BCUT2D eigenvalue weighted by molar-refractivity contribution is 0.458. The van der Waals surface area contributed by atoms with E-state index in [4.69, 9.17) is 5.73 Å². The highest BCUT2D eigenvalue weighted by Gasteiger charge is 2.22. The number of rotatable bonds is 3. The fourth-order valence-corrected chi connectivity index (χ4v) is 3.22. The van der Waals surface area contributed by atoms with Gasteiger partial charge in [0.05, 0.1) is 5.69 Å². The molecule has 78 valence electrons. The van der Waals surface area contributed by atoms with Gasteiger partial charge in [-0.1, -0.05) is 0 Å². The lowest BCUT2D eigenvalue weighted by Crippen LogP contribution is -2.32. The fraction of sp³-hybridized carbons (Fsp3) is 0.700. The predicted octanol–water partition coefficient (Wildman–Crippen LogP) is 1.04. The van der Waals surface area contributed by atoms with Gasteiger partial charge in [-0.25, -0.2) is 0 Å². The molecular formula is C10H17N3S. The summed E-state index contributed by atoms with van der Waals surface area (Å²) in [6, 6.07) is 2.35. The molecule has 2 heterocycles. The Kier molecular flexibility index (Phi) is 3.13. The van der Waals surface area contributed by atoms with Gasteiger partial charge in [0.25, 0.3) is 0 Å². The molecule has 4 heteroatoms. The van der Waals surface area contributed by atoms with Crippen molar-refractivity contribution in [3.63, 3.8) is 0 Å². The van der Waals surface area contributed by atoms with E-state index in [1.807, 2.05) is 29.7 Å². The highest BCUT2D eigenvalue weighted by Crippen LogP contribution is 2.26. The number of thioether (sulfide) groups is 1. The number of hydrogen-bond donors (Lipinski definition) is 1. The summed E-state index contributed by atoms with van der Waals surface area (Å²) in [7, 11) is 1.94. The Bertz CT molecular complexity index is 291. The van der Waals surface area contributed by atoms with Crippen LogP contribution in [0.1, 0.15) is 12.1 Å². The Labute approximate surface area is 89.1 Å². The maximum Gasteiger partial charge on any atom is 0.0640 e. The Balaban J connectivity index is 1.90. The molecule has 2 atom stereocenters. The van der Waals surface area contributed by atoms with Crippen LogP contribution in [-0.2, 0) is 13.5 Å². The summed E-state index contributed by atoms with van der Waals surface area (Å²) < 4.78 is 1.84. The van der Waals surface area contributed by atoms with Crippen molar-refractivity contribution in [1.82, 2.24) is 9.78 Å². The second kappa shape index (κ2) is 4.36. The van der Waals surface area contributed by atoms with Gasteiger partial charge in [0, 0.05) is 25.7 Å². The predicted molar refractivity (Wildman–Crippen MR) is 60.3 cm³/mol. The zero-order valence-corrected chi connectivity index (χ0v) is 9.33. The van der Waals surface area contributed by atoms with Crippen LogP contribution in [0.3, 0.4) is 0 Å². The largest absolute Gasteiger partial charge is 0.327 e. The van der Waals surface area contributed by atoms with Crippen molar-refractivity contribution in [3.05, 3.63) is 18.0 Å². The van der Waals surface area contributed by atoms with E-state index in [9.17, 15) is 0 Å². The molecule has 1 saturated heterocycles. The fourth-order valence-electron chi connectivity index (χ4n) is 1.87. The minimum atomic E-state index is 0.292. The summed E-state index contributed by atoms with van der Waals surface area (Å²) in [4.78, 5) is 0. The third kappa shape index (κ3) is 2.30. The molecule has 1 aliphatic rings. The normalized spacial score (nSPS) is 24.0. The summed E-state index contributed by atoms with van der Waals surface area (Å²) in [5.41, 5.74) is 7.28. The van der Waals surface area contributed by atoms with Crippen LogP contribution in [0, 0.1) is 5.92 Å². The number of nitrogens with two attached hydrogens (primary N) is 1. The van der Waals surface area contributed by atoms with Crippen molar-refractivity contribution in [1.29, 1.82) is 0 Å². The Morgan fingerprint density at radius 1 is 1.79 bits per heavy atom. The standard InChI is InChI=1S/C10H17N3S/c1-13-4-2-9(12-13)6-10(11)8-3-5-14-7-8/h2,4,8,10H,3,5-7,11H2,1H3. The van der Waals surface area contributed by atoms with Crippen LogP contribution in [0.25, 0.3) is 0 Å². The molecule has 0 aromatic carbocycles. The molecule has 0 amide bonds. The van der Waals surface area contributed by atoms with Gasteiger partial charge in [-0.05, 0) is 29.9 Å². The first-order chi connectivity index (χ1) is 6.75. The molecule has 1 fully saturated rings. The van der Waals surface area contributed by atoms with Crippen LogP contribution in [-0.4, -0.2) is 27.3 Å². The number of nitrogens with zero attached hydrogens (tertiary/aromatic N) is 2. The number of aromatic nitrogens is 2. The smallest absolute Gasteiger partial charge is 0.0640 e. The third-order valence-corrected chi connectivity index (χ3v) is 3.97. The van der Waals surface area contributed by atoms with E-state index in [2.05, 4.69) is 11.2 Å². The highest BCUT2D eigenvalue weighted by atomic mass is 32.2. The number of aryl methyl sites for hydroxylation is 1. The summed E-state index contributed by atoms with van der Waals surface area (Å²) in [5.74, 6) is 3.20. The lowest BCUT2D eigenvalue weighted by Gasteiger charge is -2.16. The van der Waals surface area contributed by atoms with Crippen LogP contribution in [0.5, 0.6) is 0 Å². The van der Waals surface area contributed by atoms with Crippen molar-refractivity contribution in [2.75, 3.05) is 11.5 Å². The van der Waals surface area contributed by atoms with Gasteiger partial charge >= 0.3 is 0 Å². The molecule has 0 radical (unpaired) electrons. The molecule has 2 N–H and O–H groups in total. The molecule has 1 aliphatic heterocycles. The van der Waals surface area contributed by atoms with E-state index in [-0.39, 0.29) is 0 Å². The Hall–Kier alpha value is -0.480. The summed E-state index contributed by atoms with van der Waals surface area (Å²) in [6.07, 6.45) is 4.18. The third-order valence-electron chi connectivity index (χ3n) is 2.78. The van der Waals surface area contributed by atoms with Gasteiger partial charge in [-0.3, -0.25) is 4.68 Å². The van der Waals surface area contributed by atoms with E-state index in [0.29, 0.717) is 12.0 Å². The van der Waals surface area contributed by atoms with Crippen LogP contribution < -0.4 is 5.73 Å². The summed E-state index contributed by atoms with van der Waals surface area (Å²) in [6.45, 7) is 0. The molecule has 1 aromatic rings. The topological polar surface area (TPSA) is 43.8 Å². The van der Waals surface area contributed by atoms with E-state index in [1.54, 1.807) is 0 Å². The molecule has 0 aliphatic carbocycles. The van der Waals surface area contributed by atoms with Gasteiger partial charge in [0.1, 0.15) is 0 Å². The van der Waals surface area contributed by atoms with Crippen molar-refractivity contribution in [2.45, 2.75) is 18.9 Å². The van der Waals surface area contributed by atoms with Gasteiger partial charge in [0.2, 0.25) is 0 Å². The van der Waals surface area contributed by atoms with Crippen molar-refractivity contribution in [2.24, 2.45) is 18.7 Å². The van der Waals surface area contributed by atoms with Crippen molar-refractivity contribution >= 4 is 11.8 Å². The minimum absolute atomic E-state index is 0.292. The van der Waals surface area contributed by atoms with E-state index in [1.165, 1.54) is 17.9 Å². The molecule has 0 spiro atoms. The van der Waals surface area contributed by atoms with Crippen LogP contribution in [0.15, 0.2) is 12.3 Å². The molecule has 2 unspecified atom stereocenters.